The Bertz CT molecular complexity index is 128. The smallest absolute Gasteiger partial charge is 0.00384 e. The Hall–Kier alpha value is -0.0800. The lowest BCUT2D eigenvalue weighted by Gasteiger charge is -2.25. The van der Waals surface area contributed by atoms with Gasteiger partial charge in [-0.3, -0.25) is 0 Å². The zero-order valence-corrected chi connectivity index (χ0v) is 9.34. The van der Waals surface area contributed by atoms with Gasteiger partial charge in [-0.15, -0.1) is 0 Å². The van der Waals surface area contributed by atoms with Crippen molar-refractivity contribution < 1.29 is 0 Å². The molecule has 1 aliphatic rings. The molecule has 1 heterocycles. The zero-order valence-electron chi connectivity index (χ0n) is 9.34. The molecule has 0 saturated carbocycles. The van der Waals surface area contributed by atoms with Crippen molar-refractivity contribution in [1.82, 2.24) is 10.2 Å². The fourth-order valence-electron chi connectivity index (χ4n) is 2.09. The van der Waals surface area contributed by atoms with Crippen LogP contribution in [0, 0.1) is 5.92 Å². The summed E-state index contributed by atoms with van der Waals surface area (Å²) >= 11 is 0. The first-order chi connectivity index (χ1) is 6.24. The normalized spacial score (nSPS) is 23.3. The van der Waals surface area contributed by atoms with Crippen LogP contribution in [-0.2, 0) is 0 Å². The molecule has 0 bridgehead atoms. The van der Waals surface area contributed by atoms with Crippen LogP contribution in [0.3, 0.4) is 0 Å². The summed E-state index contributed by atoms with van der Waals surface area (Å²) in [6.45, 7) is 11.8. The Morgan fingerprint density at radius 3 is 2.69 bits per heavy atom. The molecule has 13 heavy (non-hydrogen) atoms. The van der Waals surface area contributed by atoms with Gasteiger partial charge in [-0.1, -0.05) is 6.92 Å². The highest BCUT2D eigenvalue weighted by atomic mass is 15.1. The van der Waals surface area contributed by atoms with Gasteiger partial charge in [0.1, 0.15) is 0 Å². The van der Waals surface area contributed by atoms with Crippen molar-refractivity contribution in [3.05, 3.63) is 0 Å². The summed E-state index contributed by atoms with van der Waals surface area (Å²) in [7, 11) is 0. The molecule has 0 radical (unpaired) electrons. The van der Waals surface area contributed by atoms with Gasteiger partial charge >= 0.3 is 0 Å². The quantitative estimate of drug-likeness (QED) is 0.700. The third-order valence-electron chi connectivity index (χ3n) is 3.12. The van der Waals surface area contributed by atoms with Crippen molar-refractivity contribution in [2.24, 2.45) is 5.92 Å². The van der Waals surface area contributed by atoms with Crippen molar-refractivity contribution in [3.8, 4) is 0 Å². The van der Waals surface area contributed by atoms with Gasteiger partial charge in [-0.05, 0) is 58.8 Å². The highest BCUT2D eigenvalue weighted by Gasteiger charge is 2.16. The summed E-state index contributed by atoms with van der Waals surface area (Å²) in [4.78, 5) is 2.55. The van der Waals surface area contributed by atoms with Crippen molar-refractivity contribution >= 4 is 0 Å². The summed E-state index contributed by atoms with van der Waals surface area (Å²) < 4.78 is 0. The van der Waals surface area contributed by atoms with E-state index in [2.05, 4.69) is 31.0 Å². The number of nitrogens with zero attached hydrogens (tertiary/aromatic N) is 1. The molecular formula is C11H24N2. The molecule has 0 spiro atoms. The molecule has 0 aromatic heterocycles. The van der Waals surface area contributed by atoms with Gasteiger partial charge in [0, 0.05) is 6.04 Å². The van der Waals surface area contributed by atoms with Gasteiger partial charge < -0.3 is 10.2 Å². The molecule has 2 nitrogen and oxygen atoms in total. The zero-order chi connectivity index (χ0) is 9.68. The molecule has 0 aliphatic carbocycles. The lowest BCUT2D eigenvalue weighted by Crippen LogP contribution is -2.32. The van der Waals surface area contributed by atoms with Gasteiger partial charge in [-0.2, -0.15) is 0 Å². The minimum absolute atomic E-state index is 0.708. The maximum absolute atomic E-state index is 3.42. The van der Waals surface area contributed by atoms with Crippen LogP contribution in [-0.4, -0.2) is 37.1 Å². The van der Waals surface area contributed by atoms with E-state index in [1.54, 1.807) is 0 Å². The SMILES string of the molecule is CCN(CCC1CCNC1)C(C)C. The summed E-state index contributed by atoms with van der Waals surface area (Å²) in [5.74, 6) is 0.938. The maximum Gasteiger partial charge on any atom is 0.00384 e. The molecular weight excluding hydrogens is 160 g/mol. The average Bonchev–Trinajstić information content (AvgIpc) is 2.57. The number of hydrogen-bond donors (Lipinski definition) is 1. The van der Waals surface area contributed by atoms with Crippen molar-refractivity contribution in [2.75, 3.05) is 26.2 Å². The van der Waals surface area contributed by atoms with E-state index in [4.69, 9.17) is 0 Å². The average molecular weight is 184 g/mol. The van der Waals surface area contributed by atoms with E-state index in [0.29, 0.717) is 6.04 Å². The van der Waals surface area contributed by atoms with Gasteiger partial charge in [0.05, 0.1) is 0 Å². The Morgan fingerprint density at radius 1 is 1.46 bits per heavy atom. The van der Waals surface area contributed by atoms with Crippen LogP contribution >= 0.6 is 0 Å². The third-order valence-corrected chi connectivity index (χ3v) is 3.12. The standard InChI is InChI=1S/C11H24N2/c1-4-13(10(2)3)8-6-11-5-7-12-9-11/h10-12H,4-9H2,1-3H3. The number of hydrogen-bond acceptors (Lipinski definition) is 2. The second kappa shape index (κ2) is 5.61. The molecule has 1 atom stereocenters. The second-order valence-corrected chi connectivity index (χ2v) is 4.37. The van der Waals surface area contributed by atoms with Gasteiger partial charge in [0.2, 0.25) is 0 Å². The van der Waals surface area contributed by atoms with Crippen molar-refractivity contribution in [1.29, 1.82) is 0 Å². The third kappa shape index (κ3) is 3.65. The van der Waals surface area contributed by atoms with Crippen LogP contribution < -0.4 is 5.32 Å². The van der Waals surface area contributed by atoms with E-state index >= 15 is 0 Å². The van der Waals surface area contributed by atoms with E-state index in [9.17, 15) is 0 Å². The Labute approximate surface area is 82.7 Å². The van der Waals surface area contributed by atoms with Gasteiger partial charge in [-0.25, -0.2) is 0 Å². The van der Waals surface area contributed by atoms with Crippen LogP contribution in [0.15, 0.2) is 0 Å². The van der Waals surface area contributed by atoms with Crippen LogP contribution in [0.4, 0.5) is 0 Å². The Balaban J connectivity index is 2.15. The summed E-state index contributed by atoms with van der Waals surface area (Å²) in [5.41, 5.74) is 0. The molecule has 1 N–H and O–H groups in total. The Kier molecular flexibility index (Phi) is 4.74. The molecule has 1 saturated heterocycles. The van der Waals surface area contributed by atoms with Gasteiger partial charge in [0.25, 0.3) is 0 Å². The minimum atomic E-state index is 0.708. The summed E-state index contributed by atoms with van der Waals surface area (Å²) in [6.07, 6.45) is 2.76. The lowest BCUT2D eigenvalue weighted by molar-refractivity contribution is 0.218. The fraction of sp³-hybridized carbons (Fsp3) is 1.00. The number of rotatable bonds is 5. The van der Waals surface area contributed by atoms with E-state index in [-0.39, 0.29) is 0 Å². The van der Waals surface area contributed by atoms with Crippen LogP contribution in [0.5, 0.6) is 0 Å². The number of nitrogens with one attached hydrogen (secondary N) is 1. The predicted molar refractivity (Wildman–Crippen MR) is 58.0 cm³/mol. The first-order valence-electron chi connectivity index (χ1n) is 5.68. The molecule has 1 unspecified atom stereocenters. The maximum atomic E-state index is 3.42. The van der Waals surface area contributed by atoms with Crippen molar-refractivity contribution in [2.45, 2.75) is 39.7 Å². The highest BCUT2D eigenvalue weighted by molar-refractivity contribution is 4.73. The van der Waals surface area contributed by atoms with E-state index in [0.717, 1.165) is 5.92 Å². The van der Waals surface area contributed by atoms with E-state index in [1.807, 2.05) is 0 Å². The minimum Gasteiger partial charge on any atom is -0.316 e. The molecule has 1 fully saturated rings. The highest BCUT2D eigenvalue weighted by Crippen LogP contribution is 2.13. The van der Waals surface area contributed by atoms with Crippen LogP contribution in [0.1, 0.15) is 33.6 Å². The summed E-state index contributed by atoms with van der Waals surface area (Å²) in [6, 6.07) is 0.708. The lowest BCUT2D eigenvalue weighted by atomic mass is 10.0. The largest absolute Gasteiger partial charge is 0.316 e. The fourth-order valence-corrected chi connectivity index (χ4v) is 2.09. The first-order valence-corrected chi connectivity index (χ1v) is 5.68. The molecule has 2 heteroatoms. The summed E-state index contributed by atoms with van der Waals surface area (Å²) in [5, 5.41) is 3.42. The first kappa shape index (κ1) is 11.0. The molecule has 1 aliphatic heterocycles. The Morgan fingerprint density at radius 2 is 2.23 bits per heavy atom. The molecule has 0 amide bonds. The van der Waals surface area contributed by atoms with Crippen LogP contribution in [0.2, 0.25) is 0 Å². The van der Waals surface area contributed by atoms with Gasteiger partial charge in [0.15, 0.2) is 0 Å². The van der Waals surface area contributed by atoms with E-state index in [1.165, 1.54) is 39.0 Å². The van der Waals surface area contributed by atoms with E-state index < -0.39 is 0 Å². The predicted octanol–water partition coefficient (Wildman–Crippen LogP) is 1.72. The second-order valence-electron chi connectivity index (χ2n) is 4.37. The molecule has 78 valence electrons. The monoisotopic (exact) mass is 184 g/mol. The topological polar surface area (TPSA) is 15.3 Å². The molecule has 1 rings (SSSR count). The van der Waals surface area contributed by atoms with Crippen LogP contribution in [0.25, 0.3) is 0 Å². The molecule has 0 aromatic rings. The van der Waals surface area contributed by atoms with Crippen molar-refractivity contribution in [3.63, 3.8) is 0 Å². The molecule has 0 aromatic carbocycles.